The van der Waals surface area contributed by atoms with Gasteiger partial charge in [0, 0.05) is 31.0 Å². The number of benzene rings is 2. The summed E-state index contributed by atoms with van der Waals surface area (Å²) in [5, 5.41) is 0.180. The van der Waals surface area contributed by atoms with Crippen molar-refractivity contribution in [2.45, 2.75) is 65.0 Å². The average Bonchev–Trinajstić information content (AvgIpc) is 2.94. The summed E-state index contributed by atoms with van der Waals surface area (Å²) in [6.07, 6.45) is 5.08. The highest BCUT2D eigenvalue weighted by atomic mass is 28.4. The van der Waals surface area contributed by atoms with Crippen molar-refractivity contribution in [1.29, 1.82) is 0 Å². The van der Waals surface area contributed by atoms with Crippen LogP contribution in [0.4, 0.5) is 4.79 Å². The van der Waals surface area contributed by atoms with Gasteiger partial charge in [0.15, 0.2) is 8.32 Å². The lowest BCUT2D eigenvalue weighted by atomic mass is 9.98. The molecule has 208 valence electrons. The molecule has 1 saturated heterocycles. The highest BCUT2D eigenvalue weighted by Gasteiger charge is 2.37. The summed E-state index contributed by atoms with van der Waals surface area (Å²) in [6.45, 7) is 14.1. The lowest BCUT2D eigenvalue weighted by Crippen LogP contribution is -2.40. The van der Waals surface area contributed by atoms with Crippen molar-refractivity contribution in [1.82, 2.24) is 14.9 Å². The number of hydrogen-bond acceptors (Lipinski definition) is 6. The van der Waals surface area contributed by atoms with Gasteiger partial charge in [0.2, 0.25) is 0 Å². The summed E-state index contributed by atoms with van der Waals surface area (Å²) in [6, 6.07) is 18.5. The number of nitrogens with zero attached hydrogens (tertiary/aromatic N) is 3. The molecule has 39 heavy (non-hydrogen) atoms. The molecule has 2 aromatic carbocycles. The van der Waals surface area contributed by atoms with Gasteiger partial charge in [0.1, 0.15) is 6.61 Å². The molecule has 3 aromatic rings. The lowest BCUT2D eigenvalue weighted by molar-refractivity contribution is 0.0753. The summed E-state index contributed by atoms with van der Waals surface area (Å²) in [7, 11) is -1.81. The fourth-order valence-corrected chi connectivity index (χ4v) is 5.11. The van der Waals surface area contributed by atoms with Crippen molar-refractivity contribution >= 4 is 14.4 Å². The number of carbonyl (C=O) groups is 1. The molecule has 1 amide bonds. The SMILES string of the molecule is CC(C)(C)[Si](C)(C)OCc1cccc(-c2cnc(OCC3CCN(C(=O)OCc4ccccc4)CC3)nc2)c1. The van der Waals surface area contributed by atoms with Gasteiger partial charge >= 0.3 is 12.1 Å². The standard InChI is InChI=1S/C31H41N3O4Si/c1-31(2,3)39(4,5)38-23-26-12-9-13-27(18-26)28-19-32-29(33-20-28)36-21-25-14-16-34(17-15-25)30(35)37-22-24-10-7-6-8-11-24/h6-13,18-20,25H,14-17,21-23H2,1-5H3. The second-order valence-electron chi connectivity index (χ2n) is 11.8. The normalized spacial score (nSPS) is 14.7. The third kappa shape index (κ3) is 8.13. The Hall–Kier alpha value is -3.23. The lowest BCUT2D eigenvalue weighted by Gasteiger charge is -2.36. The van der Waals surface area contributed by atoms with Gasteiger partial charge in [-0.25, -0.2) is 14.8 Å². The van der Waals surface area contributed by atoms with Crippen LogP contribution in [0.25, 0.3) is 11.1 Å². The number of likely N-dealkylation sites (tertiary alicyclic amines) is 1. The van der Waals surface area contributed by atoms with Crippen molar-refractivity contribution in [2.24, 2.45) is 5.92 Å². The smallest absolute Gasteiger partial charge is 0.410 e. The van der Waals surface area contributed by atoms with Crippen LogP contribution >= 0.6 is 0 Å². The largest absolute Gasteiger partial charge is 0.463 e. The van der Waals surface area contributed by atoms with Crippen molar-refractivity contribution in [2.75, 3.05) is 19.7 Å². The Morgan fingerprint density at radius 3 is 2.26 bits per heavy atom. The first-order valence-electron chi connectivity index (χ1n) is 13.7. The highest BCUT2D eigenvalue weighted by Crippen LogP contribution is 2.37. The van der Waals surface area contributed by atoms with Gasteiger partial charge in [-0.15, -0.1) is 0 Å². The van der Waals surface area contributed by atoms with E-state index >= 15 is 0 Å². The molecule has 1 aromatic heterocycles. The van der Waals surface area contributed by atoms with Gasteiger partial charge in [-0.05, 0) is 59.6 Å². The fourth-order valence-electron chi connectivity index (χ4n) is 4.15. The van der Waals surface area contributed by atoms with Crippen molar-refractivity contribution in [3.8, 4) is 17.1 Å². The Morgan fingerprint density at radius 2 is 1.59 bits per heavy atom. The maximum absolute atomic E-state index is 12.4. The van der Waals surface area contributed by atoms with E-state index in [0.29, 0.717) is 44.8 Å². The van der Waals surface area contributed by atoms with Crippen LogP contribution in [0.2, 0.25) is 18.1 Å². The molecule has 4 rings (SSSR count). The number of hydrogen-bond donors (Lipinski definition) is 0. The van der Waals surface area contributed by atoms with Crippen molar-refractivity contribution in [3.63, 3.8) is 0 Å². The Labute approximate surface area is 233 Å². The predicted molar refractivity (Wildman–Crippen MR) is 156 cm³/mol. The zero-order valence-corrected chi connectivity index (χ0v) is 24.9. The minimum Gasteiger partial charge on any atom is -0.463 e. The number of piperidine rings is 1. The van der Waals surface area contributed by atoms with Crippen LogP contribution in [-0.2, 0) is 22.4 Å². The number of rotatable bonds is 9. The number of aromatic nitrogens is 2. The third-order valence-electron chi connectivity index (χ3n) is 7.82. The molecule has 0 radical (unpaired) electrons. The highest BCUT2D eigenvalue weighted by molar-refractivity contribution is 6.74. The molecule has 0 spiro atoms. The summed E-state index contributed by atoms with van der Waals surface area (Å²) in [5.74, 6) is 0.351. The van der Waals surface area contributed by atoms with Crippen LogP contribution < -0.4 is 4.74 Å². The van der Waals surface area contributed by atoms with Gasteiger partial charge in [-0.3, -0.25) is 0 Å². The van der Waals surface area contributed by atoms with Gasteiger partial charge in [0.05, 0.1) is 13.2 Å². The Kier molecular flexibility index (Phi) is 9.40. The van der Waals surface area contributed by atoms with Crippen LogP contribution in [0.1, 0.15) is 44.7 Å². The first-order valence-corrected chi connectivity index (χ1v) is 16.7. The van der Waals surface area contributed by atoms with Gasteiger partial charge < -0.3 is 18.8 Å². The van der Waals surface area contributed by atoms with E-state index in [1.165, 1.54) is 0 Å². The second kappa shape index (κ2) is 12.7. The zero-order chi connectivity index (χ0) is 27.9. The van der Waals surface area contributed by atoms with E-state index in [1.54, 1.807) is 4.90 Å². The first-order chi connectivity index (χ1) is 18.6. The predicted octanol–water partition coefficient (Wildman–Crippen LogP) is 7.09. The minimum atomic E-state index is -1.81. The van der Waals surface area contributed by atoms with Gasteiger partial charge in [-0.1, -0.05) is 69.3 Å². The molecule has 0 atom stereocenters. The quantitative estimate of drug-likeness (QED) is 0.266. The van der Waals surface area contributed by atoms with Gasteiger partial charge in [-0.2, -0.15) is 0 Å². The zero-order valence-electron chi connectivity index (χ0n) is 23.9. The van der Waals surface area contributed by atoms with Gasteiger partial charge in [0.25, 0.3) is 0 Å². The summed E-state index contributed by atoms with van der Waals surface area (Å²) < 4.78 is 17.7. The maximum atomic E-state index is 12.4. The summed E-state index contributed by atoms with van der Waals surface area (Å²) in [4.78, 5) is 23.0. The van der Waals surface area contributed by atoms with E-state index in [9.17, 15) is 4.79 Å². The molecule has 0 saturated carbocycles. The van der Waals surface area contributed by atoms with E-state index in [2.05, 4.69) is 62.0 Å². The monoisotopic (exact) mass is 547 g/mol. The molecule has 1 aliphatic heterocycles. The topological polar surface area (TPSA) is 73.8 Å². The summed E-state index contributed by atoms with van der Waals surface area (Å²) in [5.41, 5.74) is 4.14. The van der Waals surface area contributed by atoms with Crippen LogP contribution in [0, 0.1) is 5.92 Å². The van der Waals surface area contributed by atoms with E-state index in [1.807, 2.05) is 48.8 Å². The number of carbonyl (C=O) groups excluding carboxylic acids is 1. The molecule has 0 unspecified atom stereocenters. The second-order valence-corrected chi connectivity index (χ2v) is 16.6. The molecule has 0 bridgehead atoms. The molecule has 7 nitrogen and oxygen atoms in total. The average molecular weight is 548 g/mol. The van der Waals surface area contributed by atoms with E-state index in [-0.39, 0.29) is 11.1 Å². The molecule has 1 aliphatic rings. The molecule has 0 aliphatic carbocycles. The van der Waals surface area contributed by atoms with E-state index < -0.39 is 8.32 Å². The Bertz CT molecular complexity index is 1200. The van der Waals surface area contributed by atoms with Crippen molar-refractivity contribution in [3.05, 3.63) is 78.1 Å². The number of amides is 1. The molecule has 2 heterocycles. The maximum Gasteiger partial charge on any atom is 0.410 e. The molecule has 8 heteroatoms. The van der Waals surface area contributed by atoms with Crippen LogP contribution in [-0.4, -0.2) is 49.0 Å². The molecular formula is C31H41N3O4Si. The minimum absolute atomic E-state index is 0.180. The summed E-state index contributed by atoms with van der Waals surface area (Å²) >= 11 is 0. The van der Waals surface area contributed by atoms with Crippen LogP contribution in [0.3, 0.4) is 0 Å². The molecule has 0 N–H and O–H groups in total. The molecule has 1 fully saturated rings. The Morgan fingerprint density at radius 1 is 0.923 bits per heavy atom. The Balaban J connectivity index is 1.22. The van der Waals surface area contributed by atoms with E-state index in [0.717, 1.165) is 35.1 Å². The van der Waals surface area contributed by atoms with Crippen LogP contribution in [0.15, 0.2) is 67.0 Å². The fraction of sp³-hybridized carbons (Fsp3) is 0.452. The van der Waals surface area contributed by atoms with Crippen molar-refractivity contribution < 1.29 is 18.7 Å². The molecular weight excluding hydrogens is 506 g/mol. The number of ether oxygens (including phenoxy) is 2. The van der Waals surface area contributed by atoms with E-state index in [4.69, 9.17) is 13.9 Å². The van der Waals surface area contributed by atoms with Crippen LogP contribution in [0.5, 0.6) is 6.01 Å². The first kappa shape index (κ1) is 28.8. The third-order valence-corrected chi connectivity index (χ3v) is 12.3.